The second-order valence-electron chi connectivity index (χ2n) is 6.95. The first-order chi connectivity index (χ1) is 10.1. The van der Waals surface area contributed by atoms with Crippen LogP contribution in [0.15, 0.2) is 0 Å². The number of aliphatic hydroxyl groups is 1. The van der Waals surface area contributed by atoms with E-state index in [1.165, 1.54) is 6.42 Å². The molecule has 4 heteroatoms. The van der Waals surface area contributed by atoms with E-state index in [2.05, 4.69) is 24.1 Å². The molecule has 2 N–H and O–H groups in total. The molecule has 1 saturated carbocycles. The first-order valence-electron chi connectivity index (χ1n) is 8.83. The first-order valence-corrected chi connectivity index (χ1v) is 8.83. The number of carbonyl (C=O) groups is 1. The van der Waals surface area contributed by atoms with E-state index in [0.29, 0.717) is 18.5 Å². The van der Waals surface area contributed by atoms with Gasteiger partial charge in [-0.1, -0.05) is 26.2 Å². The van der Waals surface area contributed by atoms with E-state index in [-0.39, 0.29) is 18.1 Å². The molecule has 21 heavy (non-hydrogen) atoms. The summed E-state index contributed by atoms with van der Waals surface area (Å²) in [6.45, 7) is 5.72. The van der Waals surface area contributed by atoms with E-state index in [4.69, 9.17) is 0 Å². The molecule has 4 atom stereocenters. The summed E-state index contributed by atoms with van der Waals surface area (Å²) in [5, 5.41) is 13.4. The number of amides is 1. The molecule has 0 aromatic carbocycles. The van der Waals surface area contributed by atoms with E-state index >= 15 is 0 Å². The Labute approximate surface area is 129 Å². The Morgan fingerprint density at radius 2 is 2.05 bits per heavy atom. The van der Waals surface area contributed by atoms with E-state index in [0.717, 1.165) is 51.5 Å². The summed E-state index contributed by atoms with van der Waals surface area (Å²) in [6, 6.07) is 0.677. The van der Waals surface area contributed by atoms with Gasteiger partial charge in [0.15, 0.2) is 0 Å². The third-order valence-electron chi connectivity index (χ3n) is 5.17. The van der Waals surface area contributed by atoms with Gasteiger partial charge >= 0.3 is 0 Å². The van der Waals surface area contributed by atoms with Gasteiger partial charge in [-0.2, -0.15) is 0 Å². The lowest BCUT2D eigenvalue weighted by molar-refractivity contribution is -0.123. The third kappa shape index (κ3) is 4.68. The molecular formula is C17H32N2O2. The second-order valence-corrected chi connectivity index (χ2v) is 6.95. The topological polar surface area (TPSA) is 52.6 Å². The summed E-state index contributed by atoms with van der Waals surface area (Å²) in [7, 11) is 0. The van der Waals surface area contributed by atoms with E-state index in [1.54, 1.807) is 0 Å². The van der Waals surface area contributed by atoms with Gasteiger partial charge in [0.25, 0.3) is 0 Å². The Kier molecular flexibility index (Phi) is 6.49. The van der Waals surface area contributed by atoms with Crippen molar-refractivity contribution in [3.05, 3.63) is 0 Å². The van der Waals surface area contributed by atoms with Crippen LogP contribution in [-0.4, -0.2) is 47.2 Å². The number of hydrogen-bond acceptors (Lipinski definition) is 3. The second kappa shape index (κ2) is 8.14. The van der Waals surface area contributed by atoms with Crippen molar-refractivity contribution in [2.24, 2.45) is 5.92 Å². The van der Waals surface area contributed by atoms with Gasteiger partial charge in [0, 0.05) is 18.0 Å². The van der Waals surface area contributed by atoms with Crippen LogP contribution in [0.25, 0.3) is 0 Å². The van der Waals surface area contributed by atoms with Gasteiger partial charge in [0.05, 0.1) is 12.6 Å². The zero-order valence-electron chi connectivity index (χ0n) is 13.7. The van der Waals surface area contributed by atoms with E-state index in [1.807, 2.05) is 0 Å². The summed E-state index contributed by atoms with van der Waals surface area (Å²) in [4.78, 5) is 14.5. The molecule has 4 unspecified atom stereocenters. The minimum atomic E-state index is -0.161. The normalized spacial score (nSPS) is 32.0. The summed E-state index contributed by atoms with van der Waals surface area (Å²) in [5.74, 6) is 0.523. The van der Waals surface area contributed by atoms with Crippen LogP contribution in [0.4, 0.5) is 0 Å². The molecule has 1 aliphatic heterocycles. The van der Waals surface area contributed by atoms with Crippen LogP contribution in [0.3, 0.4) is 0 Å². The van der Waals surface area contributed by atoms with Gasteiger partial charge in [-0.3, -0.25) is 9.69 Å². The highest BCUT2D eigenvalue weighted by atomic mass is 16.3. The third-order valence-corrected chi connectivity index (χ3v) is 5.17. The van der Waals surface area contributed by atoms with Crippen molar-refractivity contribution in [1.82, 2.24) is 10.2 Å². The molecule has 2 rings (SSSR count). The number of carbonyl (C=O) groups excluding carboxylic acids is 1. The summed E-state index contributed by atoms with van der Waals surface area (Å²) < 4.78 is 0. The Bertz CT molecular complexity index is 335. The Hall–Kier alpha value is -0.610. The van der Waals surface area contributed by atoms with Gasteiger partial charge in [0.2, 0.25) is 5.91 Å². The van der Waals surface area contributed by atoms with Crippen molar-refractivity contribution in [2.75, 3.05) is 13.1 Å². The lowest BCUT2D eigenvalue weighted by Gasteiger charge is -2.37. The molecule has 2 fully saturated rings. The number of nitrogens with one attached hydrogen (secondary N) is 1. The lowest BCUT2D eigenvalue weighted by atomic mass is 9.80. The molecule has 0 spiro atoms. The molecule has 1 saturated heterocycles. The quantitative estimate of drug-likeness (QED) is 0.791. The molecule has 0 aromatic rings. The highest BCUT2D eigenvalue weighted by molar-refractivity contribution is 5.78. The average molecular weight is 296 g/mol. The maximum atomic E-state index is 12.2. The number of nitrogens with zero attached hydrogens (tertiary/aromatic N) is 1. The van der Waals surface area contributed by atoms with Gasteiger partial charge in [0.1, 0.15) is 0 Å². The van der Waals surface area contributed by atoms with Crippen molar-refractivity contribution in [1.29, 1.82) is 0 Å². The lowest BCUT2D eigenvalue weighted by Crippen LogP contribution is -2.47. The molecule has 122 valence electrons. The van der Waals surface area contributed by atoms with Crippen LogP contribution >= 0.6 is 0 Å². The number of rotatable bonds is 6. The maximum absolute atomic E-state index is 12.2. The number of hydrogen-bond donors (Lipinski definition) is 2. The molecule has 0 aromatic heterocycles. The predicted octanol–water partition coefficient (Wildman–Crippen LogP) is 2.31. The number of aliphatic hydroxyl groups excluding tert-OH is 1. The van der Waals surface area contributed by atoms with Crippen molar-refractivity contribution >= 4 is 5.91 Å². The molecule has 1 heterocycles. The molecule has 1 aliphatic carbocycles. The first kappa shape index (κ1) is 16.8. The highest BCUT2D eigenvalue weighted by Gasteiger charge is 2.37. The van der Waals surface area contributed by atoms with Gasteiger partial charge < -0.3 is 10.4 Å². The van der Waals surface area contributed by atoms with Crippen LogP contribution in [-0.2, 0) is 4.79 Å². The monoisotopic (exact) mass is 296 g/mol. The van der Waals surface area contributed by atoms with Crippen LogP contribution in [0, 0.1) is 5.92 Å². The Morgan fingerprint density at radius 1 is 1.29 bits per heavy atom. The highest BCUT2D eigenvalue weighted by Crippen LogP contribution is 2.34. The summed E-state index contributed by atoms with van der Waals surface area (Å²) in [5.41, 5.74) is 0. The molecule has 4 nitrogen and oxygen atoms in total. The minimum Gasteiger partial charge on any atom is -0.393 e. The van der Waals surface area contributed by atoms with Crippen molar-refractivity contribution in [3.63, 3.8) is 0 Å². The Morgan fingerprint density at radius 3 is 2.76 bits per heavy atom. The van der Waals surface area contributed by atoms with Crippen LogP contribution < -0.4 is 5.32 Å². The fourth-order valence-corrected chi connectivity index (χ4v) is 4.13. The standard InChI is InChI=1S/C17H32N2O2/c1-3-7-13(2)18-17(21)12-19-11-6-9-15(19)14-8-4-5-10-16(14)20/h13-16,20H,3-12H2,1-2H3,(H,18,21). The van der Waals surface area contributed by atoms with Gasteiger partial charge in [-0.25, -0.2) is 0 Å². The smallest absolute Gasteiger partial charge is 0.234 e. The fourth-order valence-electron chi connectivity index (χ4n) is 4.13. The van der Waals surface area contributed by atoms with Crippen LogP contribution in [0.5, 0.6) is 0 Å². The van der Waals surface area contributed by atoms with Crippen molar-refractivity contribution in [2.45, 2.75) is 83.4 Å². The fraction of sp³-hybridized carbons (Fsp3) is 0.941. The predicted molar refractivity (Wildman–Crippen MR) is 85.1 cm³/mol. The van der Waals surface area contributed by atoms with E-state index in [9.17, 15) is 9.90 Å². The van der Waals surface area contributed by atoms with Crippen molar-refractivity contribution < 1.29 is 9.90 Å². The average Bonchev–Trinajstić information content (AvgIpc) is 2.87. The molecular weight excluding hydrogens is 264 g/mol. The minimum absolute atomic E-state index is 0.146. The largest absolute Gasteiger partial charge is 0.393 e. The van der Waals surface area contributed by atoms with Crippen LogP contribution in [0.2, 0.25) is 0 Å². The van der Waals surface area contributed by atoms with Crippen molar-refractivity contribution in [3.8, 4) is 0 Å². The molecule has 1 amide bonds. The van der Waals surface area contributed by atoms with Gasteiger partial charge in [-0.05, 0) is 45.6 Å². The summed E-state index contributed by atoms with van der Waals surface area (Å²) >= 11 is 0. The zero-order valence-corrected chi connectivity index (χ0v) is 13.7. The molecule has 0 radical (unpaired) electrons. The molecule has 0 bridgehead atoms. The van der Waals surface area contributed by atoms with Crippen LogP contribution in [0.1, 0.15) is 65.2 Å². The maximum Gasteiger partial charge on any atom is 0.234 e. The summed E-state index contributed by atoms with van der Waals surface area (Å²) in [6.07, 6.45) is 8.71. The Balaban J connectivity index is 1.85. The van der Waals surface area contributed by atoms with Gasteiger partial charge in [-0.15, -0.1) is 0 Å². The zero-order chi connectivity index (χ0) is 15.2. The SMILES string of the molecule is CCCC(C)NC(=O)CN1CCCC1C1CCCCC1O. The van der Waals surface area contributed by atoms with E-state index < -0.39 is 0 Å². The molecule has 2 aliphatic rings. The number of likely N-dealkylation sites (tertiary alicyclic amines) is 1.